The van der Waals surface area contributed by atoms with Gasteiger partial charge in [0.25, 0.3) is 6.71 Å². The van der Waals surface area contributed by atoms with Crippen molar-refractivity contribution in [2.45, 2.75) is 111 Å². The van der Waals surface area contributed by atoms with E-state index >= 15 is 0 Å². The average molecular weight is 789 g/mol. The van der Waals surface area contributed by atoms with Gasteiger partial charge in [0.15, 0.2) is 0 Å². The van der Waals surface area contributed by atoms with E-state index in [-0.39, 0.29) is 28.4 Å². The van der Waals surface area contributed by atoms with Crippen LogP contribution in [0, 0.1) is 0 Å². The van der Waals surface area contributed by atoms with E-state index < -0.39 is 0 Å². The Morgan fingerprint density at radius 3 is 1.71 bits per heavy atom. The Balaban J connectivity index is 1.32. The normalized spacial score (nSPS) is 15.2. The molecule has 1 aliphatic carbocycles. The predicted molar refractivity (Wildman–Crippen MR) is 259 cm³/mol. The summed E-state index contributed by atoms with van der Waals surface area (Å²) in [7, 11) is 0. The highest BCUT2D eigenvalue weighted by Gasteiger charge is 2.46. The standard InChI is InChI=1S/C55H57BN2S/c1-13-33-28-46-49-47(29-33)58(38-25-20-35(21-26-38)53(5,6)7)50-41-31-40-39-16-14-15-17-42(39)55(11,12)43(40)32-48(41)59-51(50)56(49)44-30-36(54(8,9)10)22-27-45(44)57(46)37-23-18-34(19-24-37)52(2,3)4/h14-32H,13H2,1-12H3. The molecule has 0 amide bonds. The molecule has 0 fully saturated rings. The molecule has 0 spiro atoms. The van der Waals surface area contributed by atoms with E-state index in [0.717, 1.165) is 6.42 Å². The number of nitrogens with zero attached hydrogens (tertiary/aromatic N) is 2. The van der Waals surface area contributed by atoms with Gasteiger partial charge < -0.3 is 9.80 Å². The lowest BCUT2D eigenvalue weighted by Gasteiger charge is -2.44. The topological polar surface area (TPSA) is 6.48 Å². The summed E-state index contributed by atoms with van der Waals surface area (Å²) in [5.41, 5.74) is 21.5. The zero-order chi connectivity index (χ0) is 41.6. The zero-order valence-corrected chi connectivity index (χ0v) is 37.9. The maximum absolute atomic E-state index is 2.65. The van der Waals surface area contributed by atoms with Crippen molar-refractivity contribution in [3.8, 4) is 11.1 Å². The fourth-order valence-electron chi connectivity index (χ4n) is 10.2. The molecule has 0 bridgehead atoms. The number of anilines is 6. The van der Waals surface area contributed by atoms with E-state index in [1.807, 2.05) is 11.3 Å². The first-order valence-electron chi connectivity index (χ1n) is 21.7. The van der Waals surface area contributed by atoms with E-state index in [1.54, 1.807) is 0 Å². The smallest absolute Gasteiger partial charge is 0.264 e. The number of hydrogen-bond acceptors (Lipinski definition) is 3. The summed E-state index contributed by atoms with van der Waals surface area (Å²) in [6.45, 7) is 28.1. The number of hydrogen-bond donors (Lipinski definition) is 0. The Morgan fingerprint density at radius 1 is 0.559 bits per heavy atom. The third-order valence-corrected chi connectivity index (χ3v) is 14.9. The molecule has 0 unspecified atom stereocenters. The average Bonchev–Trinajstić information content (AvgIpc) is 3.67. The van der Waals surface area contributed by atoms with Crippen molar-refractivity contribution in [1.29, 1.82) is 0 Å². The van der Waals surface area contributed by atoms with Crippen LogP contribution in [0.2, 0.25) is 0 Å². The molecule has 2 nitrogen and oxygen atoms in total. The number of aryl methyl sites for hydroxylation is 1. The second-order valence-corrected chi connectivity index (χ2v) is 22.1. The molecular weight excluding hydrogens is 731 g/mol. The largest absolute Gasteiger partial charge is 0.311 e. The van der Waals surface area contributed by atoms with Crippen LogP contribution in [0.15, 0.2) is 115 Å². The van der Waals surface area contributed by atoms with Gasteiger partial charge in [-0.05, 0) is 133 Å². The van der Waals surface area contributed by atoms with Crippen LogP contribution >= 0.6 is 11.3 Å². The first-order valence-corrected chi connectivity index (χ1v) is 22.5. The highest BCUT2D eigenvalue weighted by molar-refractivity contribution is 7.33. The monoisotopic (exact) mass is 788 g/mol. The molecule has 0 saturated heterocycles. The van der Waals surface area contributed by atoms with Crippen LogP contribution in [0.25, 0.3) is 21.2 Å². The fraction of sp³-hybridized carbons (Fsp3) is 0.309. The molecule has 7 aromatic rings. The van der Waals surface area contributed by atoms with Crippen LogP contribution in [0.5, 0.6) is 0 Å². The van der Waals surface area contributed by atoms with E-state index in [9.17, 15) is 0 Å². The Bertz CT molecular complexity index is 2840. The van der Waals surface area contributed by atoms with Crippen LogP contribution in [-0.2, 0) is 28.1 Å². The van der Waals surface area contributed by atoms with Crippen molar-refractivity contribution < 1.29 is 0 Å². The van der Waals surface area contributed by atoms with Crippen molar-refractivity contribution in [3.05, 3.63) is 149 Å². The molecule has 296 valence electrons. The molecule has 4 heteroatoms. The Hall–Kier alpha value is -5.06. The molecule has 59 heavy (non-hydrogen) atoms. The molecule has 0 radical (unpaired) electrons. The predicted octanol–water partition coefficient (Wildman–Crippen LogP) is 13.7. The van der Waals surface area contributed by atoms with Gasteiger partial charge in [0.1, 0.15) is 0 Å². The SMILES string of the molecule is CCc1cc2c3c(c1)N(c1ccc(C(C)(C)C)cc1)c1c(sc4cc5c(cc14)-c1ccccc1C5(C)C)B3c1cc(C(C)(C)C)ccc1N2c1ccc(C(C)(C)C)cc1. The fourth-order valence-corrected chi connectivity index (χ4v) is 11.5. The lowest BCUT2D eigenvalue weighted by atomic mass is 9.36. The summed E-state index contributed by atoms with van der Waals surface area (Å²) in [4.78, 5) is 5.23. The Kier molecular flexibility index (Phi) is 8.23. The summed E-state index contributed by atoms with van der Waals surface area (Å²) in [6, 6.07) is 45.4. The first kappa shape index (κ1) is 38.2. The van der Waals surface area contributed by atoms with Crippen molar-refractivity contribution >= 4 is 78.0 Å². The van der Waals surface area contributed by atoms with Crippen molar-refractivity contribution in [2.75, 3.05) is 9.80 Å². The molecule has 0 atom stereocenters. The highest BCUT2D eigenvalue weighted by atomic mass is 32.1. The van der Waals surface area contributed by atoms with E-state index in [2.05, 4.69) is 208 Å². The maximum Gasteiger partial charge on any atom is 0.264 e. The summed E-state index contributed by atoms with van der Waals surface area (Å²) in [5.74, 6) is 0. The maximum atomic E-state index is 2.65. The third-order valence-electron chi connectivity index (χ3n) is 13.7. The Labute approximate surface area is 357 Å². The molecule has 3 aliphatic rings. The summed E-state index contributed by atoms with van der Waals surface area (Å²) in [5, 5.41) is 1.35. The summed E-state index contributed by atoms with van der Waals surface area (Å²) < 4.78 is 2.80. The zero-order valence-electron chi connectivity index (χ0n) is 37.1. The van der Waals surface area contributed by atoms with Gasteiger partial charge in [-0.2, -0.15) is 0 Å². The second kappa shape index (κ2) is 12.7. The minimum atomic E-state index is -0.0681. The minimum absolute atomic E-state index is 0.00165. The third kappa shape index (κ3) is 5.72. The minimum Gasteiger partial charge on any atom is -0.311 e. The van der Waals surface area contributed by atoms with Gasteiger partial charge in [-0.15, -0.1) is 11.3 Å². The van der Waals surface area contributed by atoms with Gasteiger partial charge in [0.2, 0.25) is 0 Å². The second-order valence-electron chi connectivity index (χ2n) is 21.0. The van der Waals surface area contributed by atoms with Gasteiger partial charge in [-0.3, -0.25) is 0 Å². The van der Waals surface area contributed by atoms with Crippen LogP contribution in [0.3, 0.4) is 0 Å². The molecule has 6 aromatic carbocycles. The quantitative estimate of drug-likeness (QED) is 0.165. The summed E-state index contributed by atoms with van der Waals surface area (Å²) >= 11 is 2.02. The molecule has 10 rings (SSSR count). The van der Waals surface area contributed by atoms with Crippen LogP contribution in [-0.4, -0.2) is 6.71 Å². The first-order chi connectivity index (χ1) is 27.9. The number of fused-ring (bicyclic) bond motifs is 9. The van der Waals surface area contributed by atoms with Crippen molar-refractivity contribution in [1.82, 2.24) is 0 Å². The molecular formula is C55H57BN2S. The molecule has 3 heterocycles. The Morgan fingerprint density at radius 2 is 1.12 bits per heavy atom. The van der Waals surface area contributed by atoms with Crippen molar-refractivity contribution in [3.63, 3.8) is 0 Å². The van der Waals surface area contributed by atoms with Crippen LogP contribution < -0.4 is 25.5 Å². The van der Waals surface area contributed by atoms with E-state index in [0.29, 0.717) is 0 Å². The molecule has 0 N–H and O–H groups in total. The lowest BCUT2D eigenvalue weighted by Crippen LogP contribution is -2.60. The van der Waals surface area contributed by atoms with Gasteiger partial charge >= 0.3 is 0 Å². The van der Waals surface area contributed by atoms with Crippen LogP contribution in [0.4, 0.5) is 34.1 Å². The number of thiophene rings is 1. The van der Waals surface area contributed by atoms with Gasteiger partial charge in [0, 0.05) is 48.7 Å². The molecule has 2 aliphatic heterocycles. The van der Waals surface area contributed by atoms with Crippen molar-refractivity contribution in [2.24, 2.45) is 0 Å². The van der Waals surface area contributed by atoms with E-state index in [1.165, 1.54) is 104 Å². The van der Waals surface area contributed by atoms with Crippen LogP contribution in [0.1, 0.15) is 116 Å². The number of benzene rings is 6. The van der Waals surface area contributed by atoms with E-state index in [4.69, 9.17) is 0 Å². The lowest BCUT2D eigenvalue weighted by molar-refractivity contribution is 0.590. The van der Waals surface area contributed by atoms with Gasteiger partial charge in [0.05, 0.1) is 5.69 Å². The molecule has 1 aromatic heterocycles. The van der Waals surface area contributed by atoms with Gasteiger partial charge in [-0.25, -0.2) is 0 Å². The summed E-state index contributed by atoms with van der Waals surface area (Å²) in [6.07, 6.45) is 0.949. The highest BCUT2D eigenvalue weighted by Crippen LogP contribution is 2.54. The molecule has 0 saturated carbocycles. The van der Waals surface area contributed by atoms with Gasteiger partial charge in [-0.1, -0.05) is 144 Å². The number of rotatable bonds is 3.